The average molecular weight is 375 g/mol. The van der Waals surface area contributed by atoms with Gasteiger partial charge in [0.1, 0.15) is 5.75 Å². The summed E-state index contributed by atoms with van der Waals surface area (Å²) in [6.07, 6.45) is -2.88. The molecule has 0 bridgehead atoms. The fourth-order valence-electron chi connectivity index (χ4n) is 3.37. The minimum atomic E-state index is -4.69. The second-order valence-electron chi connectivity index (χ2n) is 6.16. The third-order valence-electron chi connectivity index (χ3n) is 4.45. The summed E-state index contributed by atoms with van der Waals surface area (Å²) in [6, 6.07) is 16.5. The van der Waals surface area contributed by atoms with Gasteiger partial charge in [0, 0.05) is 10.6 Å². The minimum absolute atomic E-state index is 0.201. The second kappa shape index (κ2) is 6.68. The maximum atomic E-state index is 12.5. The van der Waals surface area contributed by atoms with Crippen molar-refractivity contribution in [1.29, 1.82) is 0 Å². The molecule has 0 amide bonds. The van der Waals surface area contributed by atoms with Crippen molar-refractivity contribution >= 4 is 17.0 Å². The molecule has 0 saturated carbocycles. The first-order valence-electron chi connectivity index (χ1n) is 8.27. The van der Waals surface area contributed by atoms with Gasteiger partial charge in [0.2, 0.25) is 0 Å². The summed E-state index contributed by atoms with van der Waals surface area (Å²) in [5.74, 6) is -0.201. The predicted octanol–water partition coefficient (Wildman–Crippen LogP) is 6.41. The van der Waals surface area contributed by atoms with Crippen LogP contribution in [0.2, 0.25) is 0 Å². The number of rotatable bonds is 3. The molecule has 0 fully saturated rings. The highest BCUT2D eigenvalue weighted by Crippen LogP contribution is 2.40. The molecule has 1 N–H and O–H groups in total. The van der Waals surface area contributed by atoms with Crippen LogP contribution in [-0.4, -0.2) is 6.36 Å². The largest absolute Gasteiger partial charge is 0.573 e. The number of benzene rings is 2. The standard InChI is InChI=1S/C20H16F3NOS/c21-20(22,23)25-14-5-1-4-13(12-14)15-6-2-7-17-16(15)9-10-18(24-17)19-8-3-11-26-19/h1-8,11-12,18,24H,9-10H2. The van der Waals surface area contributed by atoms with E-state index < -0.39 is 6.36 Å². The number of ether oxygens (including phenoxy) is 1. The highest BCUT2D eigenvalue weighted by molar-refractivity contribution is 7.10. The zero-order chi connectivity index (χ0) is 18.1. The van der Waals surface area contributed by atoms with Crippen molar-refractivity contribution in [2.75, 3.05) is 5.32 Å². The van der Waals surface area contributed by atoms with Crippen molar-refractivity contribution in [3.63, 3.8) is 0 Å². The van der Waals surface area contributed by atoms with Crippen LogP contribution in [0.25, 0.3) is 11.1 Å². The Balaban J connectivity index is 1.65. The zero-order valence-electron chi connectivity index (χ0n) is 13.7. The van der Waals surface area contributed by atoms with Gasteiger partial charge in [0.05, 0.1) is 6.04 Å². The van der Waals surface area contributed by atoms with Gasteiger partial charge in [-0.2, -0.15) is 0 Å². The Kier molecular flexibility index (Phi) is 4.36. The van der Waals surface area contributed by atoms with E-state index in [9.17, 15) is 13.2 Å². The third kappa shape index (κ3) is 3.55. The van der Waals surface area contributed by atoms with Crippen molar-refractivity contribution in [3.05, 3.63) is 70.4 Å². The van der Waals surface area contributed by atoms with Crippen molar-refractivity contribution < 1.29 is 17.9 Å². The van der Waals surface area contributed by atoms with Gasteiger partial charge in [-0.25, -0.2) is 0 Å². The van der Waals surface area contributed by atoms with Crippen LogP contribution >= 0.6 is 11.3 Å². The van der Waals surface area contributed by atoms with Gasteiger partial charge in [-0.1, -0.05) is 30.3 Å². The topological polar surface area (TPSA) is 21.3 Å². The molecule has 0 radical (unpaired) electrons. The number of alkyl halides is 3. The number of anilines is 1. The first-order valence-corrected chi connectivity index (χ1v) is 9.15. The lowest BCUT2D eigenvalue weighted by atomic mass is 9.90. The van der Waals surface area contributed by atoms with Crippen LogP contribution < -0.4 is 10.1 Å². The van der Waals surface area contributed by atoms with Gasteiger partial charge in [0.15, 0.2) is 0 Å². The summed E-state index contributed by atoms with van der Waals surface area (Å²) in [7, 11) is 0. The molecule has 6 heteroatoms. The molecular formula is C20H16F3NOS. The van der Waals surface area contributed by atoms with E-state index in [1.807, 2.05) is 30.3 Å². The molecule has 26 heavy (non-hydrogen) atoms. The number of fused-ring (bicyclic) bond motifs is 1. The first-order chi connectivity index (χ1) is 12.5. The van der Waals surface area contributed by atoms with E-state index in [-0.39, 0.29) is 11.8 Å². The van der Waals surface area contributed by atoms with Gasteiger partial charge in [-0.3, -0.25) is 0 Å². The van der Waals surface area contributed by atoms with Crippen LogP contribution in [0.5, 0.6) is 5.75 Å². The van der Waals surface area contributed by atoms with E-state index in [1.54, 1.807) is 17.4 Å². The molecule has 134 valence electrons. The summed E-state index contributed by atoms with van der Waals surface area (Å²) < 4.78 is 41.5. The third-order valence-corrected chi connectivity index (χ3v) is 5.44. The van der Waals surface area contributed by atoms with Crippen LogP contribution in [0, 0.1) is 0 Å². The molecule has 1 unspecified atom stereocenters. The highest BCUT2D eigenvalue weighted by atomic mass is 32.1. The number of hydrogen-bond donors (Lipinski definition) is 1. The Hall–Kier alpha value is -2.47. The van der Waals surface area contributed by atoms with Crippen LogP contribution in [0.4, 0.5) is 18.9 Å². The van der Waals surface area contributed by atoms with Gasteiger partial charge in [0.25, 0.3) is 0 Å². The Labute approximate surface area is 153 Å². The lowest BCUT2D eigenvalue weighted by Gasteiger charge is -2.28. The molecule has 1 atom stereocenters. The van der Waals surface area contributed by atoms with Crippen molar-refractivity contribution in [2.24, 2.45) is 0 Å². The van der Waals surface area contributed by atoms with Crippen molar-refractivity contribution in [1.82, 2.24) is 0 Å². The van der Waals surface area contributed by atoms with E-state index >= 15 is 0 Å². The summed E-state index contributed by atoms with van der Waals surface area (Å²) in [5.41, 5.74) is 3.82. The normalized spacial score (nSPS) is 16.7. The van der Waals surface area contributed by atoms with Gasteiger partial charge >= 0.3 is 6.36 Å². The zero-order valence-corrected chi connectivity index (χ0v) is 14.5. The van der Waals surface area contributed by atoms with Crippen LogP contribution in [-0.2, 0) is 6.42 Å². The smallest absolute Gasteiger partial charge is 0.406 e. The summed E-state index contributed by atoms with van der Waals surface area (Å²) >= 11 is 1.73. The maximum absolute atomic E-state index is 12.5. The SMILES string of the molecule is FC(F)(F)Oc1cccc(-c2cccc3c2CCC(c2cccs2)N3)c1. The summed E-state index contributed by atoms with van der Waals surface area (Å²) in [5, 5.41) is 5.63. The molecular weight excluding hydrogens is 359 g/mol. The monoisotopic (exact) mass is 375 g/mol. The Morgan fingerprint density at radius 3 is 2.65 bits per heavy atom. The first kappa shape index (κ1) is 17.0. The predicted molar refractivity (Wildman–Crippen MR) is 97.6 cm³/mol. The van der Waals surface area contributed by atoms with E-state index in [1.165, 1.54) is 17.0 Å². The lowest BCUT2D eigenvalue weighted by molar-refractivity contribution is -0.274. The molecule has 1 aromatic heterocycles. The molecule has 2 aromatic carbocycles. The van der Waals surface area contributed by atoms with Crippen LogP contribution in [0.15, 0.2) is 60.0 Å². The highest BCUT2D eigenvalue weighted by Gasteiger charge is 2.31. The molecule has 3 aromatic rings. The van der Waals surface area contributed by atoms with Gasteiger partial charge < -0.3 is 10.1 Å². The Bertz CT molecular complexity index is 906. The van der Waals surface area contributed by atoms with E-state index in [0.29, 0.717) is 0 Å². The van der Waals surface area contributed by atoms with Crippen LogP contribution in [0.1, 0.15) is 22.9 Å². The second-order valence-corrected chi connectivity index (χ2v) is 7.14. The average Bonchev–Trinajstić information content (AvgIpc) is 3.14. The molecule has 0 saturated heterocycles. The molecule has 4 rings (SSSR count). The number of hydrogen-bond acceptors (Lipinski definition) is 3. The molecule has 2 heterocycles. The quantitative estimate of drug-likeness (QED) is 0.571. The fourth-order valence-corrected chi connectivity index (χ4v) is 4.19. The van der Waals surface area contributed by atoms with E-state index in [4.69, 9.17) is 0 Å². The van der Waals surface area contributed by atoms with Crippen molar-refractivity contribution in [3.8, 4) is 16.9 Å². The minimum Gasteiger partial charge on any atom is -0.406 e. The Morgan fingerprint density at radius 2 is 1.88 bits per heavy atom. The van der Waals surface area contributed by atoms with Gasteiger partial charge in [-0.15, -0.1) is 24.5 Å². The lowest BCUT2D eigenvalue weighted by Crippen LogP contribution is -2.18. The molecule has 1 aliphatic rings. The van der Waals surface area contributed by atoms with Gasteiger partial charge in [-0.05, 0) is 59.2 Å². The number of nitrogens with one attached hydrogen (secondary N) is 1. The summed E-state index contributed by atoms with van der Waals surface area (Å²) in [6.45, 7) is 0. The number of halogens is 3. The van der Waals surface area contributed by atoms with E-state index in [0.717, 1.165) is 35.2 Å². The van der Waals surface area contributed by atoms with E-state index in [2.05, 4.69) is 21.5 Å². The van der Waals surface area contributed by atoms with Crippen molar-refractivity contribution in [2.45, 2.75) is 25.2 Å². The molecule has 0 spiro atoms. The number of thiophene rings is 1. The fraction of sp³-hybridized carbons (Fsp3) is 0.200. The molecule has 2 nitrogen and oxygen atoms in total. The Morgan fingerprint density at radius 1 is 1.04 bits per heavy atom. The van der Waals surface area contributed by atoms with Crippen LogP contribution in [0.3, 0.4) is 0 Å². The molecule has 1 aliphatic heterocycles. The maximum Gasteiger partial charge on any atom is 0.573 e. The molecule has 0 aliphatic carbocycles. The summed E-state index contributed by atoms with van der Waals surface area (Å²) in [4.78, 5) is 1.29.